The molecule has 0 aromatic carbocycles. The van der Waals surface area contributed by atoms with Gasteiger partial charge in [0, 0.05) is 19.3 Å². The lowest BCUT2D eigenvalue weighted by Crippen LogP contribution is -2.30. The Bertz CT molecular complexity index is 1420. The second-order valence-corrected chi connectivity index (χ2v) is 18.5. The first-order chi connectivity index (χ1) is 34.0. The molecule has 0 heterocycles. The van der Waals surface area contributed by atoms with Crippen molar-refractivity contribution in [1.82, 2.24) is 0 Å². The van der Waals surface area contributed by atoms with Gasteiger partial charge in [-0.1, -0.05) is 214 Å². The number of allylic oxidation sites excluding steroid dienone is 18. The molecule has 0 saturated carbocycles. The molecule has 392 valence electrons. The summed E-state index contributed by atoms with van der Waals surface area (Å²) < 4.78 is 16.8. The highest BCUT2D eigenvalue weighted by Gasteiger charge is 2.19. The molecule has 6 heteroatoms. The van der Waals surface area contributed by atoms with Crippen LogP contribution in [0.5, 0.6) is 0 Å². The Labute approximate surface area is 425 Å². The van der Waals surface area contributed by atoms with Gasteiger partial charge >= 0.3 is 17.9 Å². The molecule has 0 bridgehead atoms. The highest BCUT2D eigenvalue weighted by Crippen LogP contribution is 2.13. The van der Waals surface area contributed by atoms with E-state index in [-0.39, 0.29) is 37.5 Å². The van der Waals surface area contributed by atoms with Gasteiger partial charge in [0.15, 0.2) is 6.10 Å². The molecule has 0 unspecified atom stereocenters. The van der Waals surface area contributed by atoms with Crippen LogP contribution in [0.15, 0.2) is 109 Å². The Morgan fingerprint density at radius 3 is 0.913 bits per heavy atom. The van der Waals surface area contributed by atoms with Crippen molar-refractivity contribution in [2.75, 3.05) is 13.2 Å². The number of carbonyl (C=O) groups is 3. The number of esters is 3. The lowest BCUT2D eigenvalue weighted by Gasteiger charge is -2.18. The average molecular weight is 958 g/mol. The van der Waals surface area contributed by atoms with Gasteiger partial charge in [-0.15, -0.1) is 0 Å². The van der Waals surface area contributed by atoms with Crippen LogP contribution in [0.4, 0.5) is 0 Å². The van der Waals surface area contributed by atoms with Gasteiger partial charge in [0.25, 0.3) is 0 Å². The van der Waals surface area contributed by atoms with Crippen molar-refractivity contribution in [1.29, 1.82) is 0 Å². The molecule has 0 aromatic heterocycles. The van der Waals surface area contributed by atoms with E-state index in [4.69, 9.17) is 14.2 Å². The van der Waals surface area contributed by atoms with Crippen LogP contribution in [0.1, 0.15) is 252 Å². The van der Waals surface area contributed by atoms with Gasteiger partial charge < -0.3 is 14.2 Å². The summed E-state index contributed by atoms with van der Waals surface area (Å²) in [5, 5.41) is 0. The third kappa shape index (κ3) is 54.9. The van der Waals surface area contributed by atoms with Crippen LogP contribution in [0, 0.1) is 0 Å². The van der Waals surface area contributed by atoms with E-state index in [1.165, 1.54) is 116 Å². The summed E-state index contributed by atoms with van der Waals surface area (Å²) in [6, 6.07) is 0. The van der Waals surface area contributed by atoms with Crippen molar-refractivity contribution in [2.45, 2.75) is 258 Å². The van der Waals surface area contributed by atoms with Gasteiger partial charge in [0.1, 0.15) is 13.2 Å². The monoisotopic (exact) mass is 957 g/mol. The van der Waals surface area contributed by atoms with E-state index < -0.39 is 6.10 Å². The zero-order chi connectivity index (χ0) is 50.0. The smallest absolute Gasteiger partial charge is 0.306 e. The van der Waals surface area contributed by atoms with Crippen molar-refractivity contribution in [3.8, 4) is 0 Å². The van der Waals surface area contributed by atoms with Crippen LogP contribution in [-0.2, 0) is 28.6 Å². The van der Waals surface area contributed by atoms with Gasteiger partial charge in [-0.25, -0.2) is 0 Å². The van der Waals surface area contributed by atoms with Crippen molar-refractivity contribution >= 4 is 17.9 Å². The van der Waals surface area contributed by atoms with E-state index >= 15 is 0 Å². The van der Waals surface area contributed by atoms with Crippen LogP contribution in [0.2, 0.25) is 0 Å². The number of unbranched alkanes of at least 4 members (excludes halogenated alkanes) is 21. The lowest BCUT2D eigenvalue weighted by atomic mass is 10.1. The van der Waals surface area contributed by atoms with E-state index in [9.17, 15) is 14.4 Å². The van der Waals surface area contributed by atoms with Crippen molar-refractivity contribution in [2.24, 2.45) is 0 Å². The zero-order valence-corrected chi connectivity index (χ0v) is 44.8. The normalized spacial score (nSPS) is 12.9. The minimum Gasteiger partial charge on any atom is -0.462 e. The molecule has 0 rings (SSSR count). The summed E-state index contributed by atoms with van der Waals surface area (Å²) >= 11 is 0. The van der Waals surface area contributed by atoms with Crippen LogP contribution < -0.4 is 0 Å². The molecule has 0 N–H and O–H groups in total. The molecule has 0 saturated heterocycles. The predicted molar refractivity (Wildman–Crippen MR) is 297 cm³/mol. The molecule has 6 nitrogen and oxygen atoms in total. The maximum atomic E-state index is 12.8. The molecule has 0 aliphatic rings. The lowest BCUT2D eigenvalue weighted by molar-refractivity contribution is -0.167. The maximum Gasteiger partial charge on any atom is 0.306 e. The van der Waals surface area contributed by atoms with Crippen molar-refractivity contribution in [3.05, 3.63) is 109 Å². The summed E-state index contributed by atoms with van der Waals surface area (Å²) in [6.07, 6.45) is 76.5. The van der Waals surface area contributed by atoms with Crippen molar-refractivity contribution < 1.29 is 28.6 Å². The Hall–Kier alpha value is -3.93. The van der Waals surface area contributed by atoms with Crippen molar-refractivity contribution in [3.63, 3.8) is 0 Å². The molecule has 0 radical (unpaired) electrons. The van der Waals surface area contributed by atoms with Crippen LogP contribution in [0.3, 0.4) is 0 Å². The SMILES string of the molecule is CCCCC/C=C/C/C=C/C/C=C/C/C=C/CCCCCC(=O)OC[C@@H](COC(=O)CCCCCCCCC/C=C/CCCCCC)OC(=O)CCC/C=C/C/C=C/C/C=C/C/C=C/CCCCC. The topological polar surface area (TPSA) is 78.9 Å². The Morgan fingerprint density at radius 2 is 0.536 bits per heavy atom. The van der Waals surface area contributed by atoms with E-state index in [0.29, 0.717) is 19.3 Å². The highest BCUT2D eigenvalue weighted by atomic mass is 16.6. The maximum absolute atomic E-state index is 12.8. The molecule has 0 aliphatic heterocycles. The van der Waals surface area contributed by atoms with Gasteiger partial charge in [-0.3, -0.25) is 14.4 Å². The molecule has 0 amide bonds. The fourth-order valence-corrected chi connectivity index (χ4v) is 7.41. The molecule has 0 aliphatic carbocycles. The summed E-state index contributed by atoms with van der Waals surface area (Å²) in [5.74, 6) is -1.01. The first-order valence-corrected chi connectivity index (χ1v) is 28.4. The van der Waals surface area contributed by atoms with E-state index in [1.807, 2.05) is 0 Å². The molecule has 1 atom stereocenters. The Balaban J connectivity index is 4.55. The number of hydrogen-bond donors (Lipinski definition) is 0. The van der Waals surface area contributed by atoms with Gasteiger partial charge in [0.2, 0.25) is 0 Å². The molecule has 0 aromatic rings. The summed E-state index contributed by atoms with van der Waals surface area (Å²) in [7, 11) is 0. The third-order valence-electron chi connectivity index (χ3n) is 11.7. The molecule has 69 heavy (non-hydrogen) atoms. The number of rotatable bonds is 50. The quantitative estimate of drug-likeness (QED) is 0.0262. The number of hydrogen-bond acceptors (Lipinski definition) is 6. The average Bonchev–Trinajstić information content (AvgIpc) is 3.35. The molecular weight excluding hydrogens is 853 g/mol. The van der Waals surface area contributed by atoms with Crippen LogP contribution >= 0.6 is 0 Å². The minimum atomic E-state index is -0.824. The predicted octanol–water partition coefficient (Wildman–Crippen LogP) is 19.1. The standard InChI is InChI=1S/C63H104O6/c1-4-7-10-13-16-19-22-25-28-30-31-33-35-38-41-44-47-50-53-56-62(65)68-59-60(58-67-61(64)55-52-49-46-43-40-37-34-27-24-21-18-15-12-9-6-3)69-63(66)57-54-51-48-45-42-39-36-32-29-26-23-20-17-14-11-8-5-2/h16-17,19-21,24-26,28-29,31,33,36,38-39,41,45,48,60H,4-15,18,22-23,27,30,32,34-35,37,40,42-44,46-47,49-59H2,1-3H3/b19-16+,20-17+,24-21+,28-25+,29-26+,33-31+,39-36+,41-38+,48-45+/t60-/m1/s1. The highest BCUT2D eigenvalue weighted by molar-refractivity contribution is 5.71. The zero-order valence-electron chi connectivity index (χ0n) is 44.8. The van der Waals surface area contributed by atoms with Crippen LogP contribution in [-0.4, -0.2) is 37.2 Å². The summed E-state index contributed by atoms with van der Waals surface area (Å²) in [5.41, 5.74) is 0. The third-order valence-corrected chi connectivity index (χ3v) is 11.7. The largest absolute Gasteiger partial charge is 0.462 e. The second kappa shape index (κ2) is 56.7. The fraction of sp³-hybridized carbons (Fsp3) is 0.667. The summed E-state index contributed by atoms with van der Waals surface area (Å²) in [4.78, 5) is 38.1. The molecule has 0 spiro atoms. The molecule has 0 fully saturated rings. The summed E-state index contributed by atoms with van der Waals surface area (Å²) in [6.45, 7) is 6.49. The Kier molecular flexibility index (Phi) is 53.4. The number of ether oxygens (including phenoxy) is 3. The van der Waals surface area contributed by atoms with Gasteiger partial charge in [0.05, 0.1) is 0 Å². The van der Waals surface area contributed by atoms with E-state index in [2.05, 4.69) is 130 Å². The van der Waals surface area contributed by atoms with Gasteiger partial charge in [-0.05, 0) is 128 Å². The first kappa shape index (κ1) is 65.1. The Morgan fingerprint density at radius 1 is 0.290 bits per heavy atom. The first-order valence-electron chi connectivity index (χ1n) is 28.4. The van der Waals surface area contributed by atoms with E-state index in [0.717, 1.165) is 89.9 Å². The minimum absolute atomic E-state index is 0.114. The molecular formula is C63H104O6. The number of carbonyl (C=O) groups excluding carboxylic acids is 3. The van der Waals surface area contributed by atoms with Crippen LogP contribution in [0.25, 0.3) is 0 Å². The van der Waals surface area contributed by atoms with E-state index in [1.54, 1.807) is 0 Å². The second-order valence-electron chi connectivity index (χ2n) is 18.5. The fourth-order valence-electron chi connectivity index (χ4n) is 7.41. The van der Waals surface area contributed by atoms with Gasteiger partial charge in [-0.2, -0.15) is 0 Å².